The smallest absolute Gasteiger partial charge is 0.343 e. The van der Waals surface area contributed by atoms with Crippen LogP contribution in [-0.2, 0) is 0 Å². The highest BCUT2D eigenvalue weighted by atomic mass is 16.5. The second kappa shape index (κ2) is 8.88. The fourth-order valence-corrected chi connectivity index (χ4v) is 3.61. The summed E-state index contributed by atoms with van der Waals surface area (Å²) in [6.45, 7) is 0. The van der Waals surface area contributed by atoms with Crippen LogP contribution in [0, 0.1) is 11.3 Å². The molecule has 33 heavy (non-hydrogen) atoms. The van der Waals surface area contributed by atoms with E-state index in [4.69, 9.17) is 33.8 Å². The molecule has 1 aliphatic heterocycles. The molecule has 2 heterocycles. The number of allylic oxidation sites excluding steroid dienone is 1. The van der Waals surface area contributed by atoms with Crippen molar-refractivity contribution in [3.63, 3.8) is 0 Å². The van der Waals surface area contributed by atoms with Gasteiger partial charge in [0.1, 0.15) is 28.9 Å². The van der Waals surface area contributed by atoms with Crippen LogP contribution in [0.3, 0.4) is 0 Å². The molecule has 9 nitrogen and oxygen atoms in total. The lowest BCUT2D eigenvalue weighted by molar-refractivity contribution is 0.0733. The van der Waals surface area contributed by atoms with Gasteiger partial charge >= 0.3 is 5.97 Å². The molecule has 2 aromatic carbocycles. The van der Waals surface area contributed by atoms with Crippen molar-refractivity contribution in [2.75, 3.05) is 21.3 Å². The number of benzene rings is 2. The third-order valence-corrected chi connectivity index (χ3v) is 5.13. The number of nitrogens with zero attached hydrogens (tertiary/aromatic N) is 1. The van der Waals surface area contributed by atoms with Crippen molar-refractivity contribution in [3.05, 3.63) is 77.1 Å². The van der Waals surface area contributed by atoms with Crippen LogP contribution in [-0.4, -0.2) is 27.3 Å². The first-order chi connectivity index (χ1) is 16.0. The first-order valence-corrected chi connectivity index (χ1v) is 9.77. The summed E-state index contributed by atoms with van der Waals surface area (Å²) in [5, 5.41) is 9.57. The van der Waals surface area contributed by atoms with Gasteiger partial charge in [-0.05, 0) is 30.3 Å². The van der Waals surface area contributed by atoms with Crippen LogP contribution in [0.15, 0.2) is 64.6 Å². The van der Waals surface area contributed by atoms with Crippen molar-refractivity contribution in [2.45, 2.75) is 5.92 Å². The monoisotopic (exact) mass is 448 g/mol. The summed E-state index contributed by atoms with van der Waals surface area (Å²) in [4.78, 5) is 12.8. The Morgan fingerprint density at radius 3 is 2.36 bits per heavy atom. The van der Waals surface area contributed by atoms with Gasteiger partial charge < -0.3 is 33.8 Å². The lowest BCUT2D eigenvalue weighted by atomic mass is 9.87. The molecule has 1 aromatic heterocycles. The van der Waals surface area contributed by atoms with Crippen LogP contribution < -0.4 is 29.4 Å². The zero-order valence-corrected chi connectivity index (χ0v) is 18.1. The van der Waals surface area contributed by atoms with Gasteiger partial charge in [-0.25, -0.2) is 4.79 Å². The van der Waals surface area contributed by atoms with Crippen molar-refractivity contribution < 1.29 is 32.9 Å². The zero-order valence-electron chi connectivity index (χ0n) is 18.1. The summed E-state index contributed by atoms with van der Waals surface area (Å²) < 4.78 is 32.5. The summed E-state index contributed by atoms with van der Waals surface area (Å²) in [7, 11) is 4.38. The first kappa shape index (κ1) is 21.6. The van der Waals surface area contributed by atoms with E-state index in [1.807, 2.05) is 0 Å². The number of ether oxygens (including phenoxy) is 5. The van der Waals surface area contributed by atoms with Crippen LogP contribution in [0.25, 0.3) is 0 Å². The van der Waals surface area contributed by atoms with Crippen molar-refractivity contribution in [1.82, 2.24) is 0 Å². The molecule has 0 radical (unpaired) electrons. The van der Waals surface area contributed by atoms with Gasteiger partial charge in [0.05, 0.1) is 39.1 Å². The van der Waals surface area contributed by atoms with Gasteiger partial charge in [-0.15, -0.1) is 0 Å². The van der Waals surface area contributed by atoms with Gasteiger partial charge in [0.25, 0.3) is 0 Å². The fraction of sp³-hybridized carbons (Fsp3) is 0.167. The third kappa shape index (κ3) is 3.90. The summed E-state index contributed by atoms with van der Waals surface area (Å²) in [5.41, 5.74) is 7.07. The molecule has 168 valence electrons. The molecule has 0 fully saturated rings. The maximum absolute atomic E-state index is 12.8. The average Bonchev–Trinajstić information content (AvgIpc) is 3.36. The largest absolute Gasteiger partial charge is 0.493 e. The highest BCUT2D eigenvalue weighted by Gasteiger charge is 2.33. The van der Waals surface area contributed by atoms with Gasteiger partial charge in [-0.3, -0.25) is 0 Å². The summed E-state index contributed by atoms with van der Waals surface area (Å²) in [6, 6.07) is 13.4. The molecular weight excluding hydrogens is 428 g/mol. The van der Waals surface area contributed by atoms with Gasteiger partial charge in [0, 0.05) is 11.6 Å². The molecule has 1 aliphatic rings. The molecule has 0 amide bonds. The molecule has 1 unspecified atom stereocenters. The van der Waals surface area contributed by atoms with Crippen molar-refractivity contribution in [1.29, 1.82) is 5.26 Å². The Labute approximate surface area is 189 Å². The zero-order chi connectivity index (χ0) is 23.5. The minimum absolute atomic E-state index is 0.0421. The quantitative estimate of drug-likeness (QED) is 0.443. The summed E-state index contributed by atoms with van der Waals surface area (Å²) in [5.74, 6) is 0.894. The minimum atomic E-state index is -0.645. The Morgan fingerprint density at radius 1 is 1.06 bits per heavy atom. The highest BCUT2D eigenvalue weighted by molar-refractivity contribution is 5.92. The number of carbonyl (C=O) groups excluding carboxylic acids is 1. The highest BCUT2D eigenvalue weighted by Crippen LogP contribution is 2.44. The Kier molecular flexibility index (Phi) is 5.83. The SMILES string of the molecule is COc1cc(C(=O)Oc2ccc3c(c2)OC(N)=C(C#N)C3c2ccco2)cc(OC)c1OC. The van der Waals surface area contributed by atoms with E-state index in [0.29, 0.717) is 34.3 Å². The van der Waals surface area contributed by atoms with Crippen LogP contribution in [0.4, 0.5) is 0 Å². The van der Waals surface area contributed by atoms with E-state index in [0.717, 1.165) is 0 Å². The molecule has 9 heteroatoms. The molecule has 0 saturated heterocycles. The molecule has 1 atom stereocenters. The number of fused-ring (bicyclic) bond motifs is 1. The van der Waals surface area contributed by atoms with Crippen LogP contribution >= 0.6 is 0 Å². The predicted octanol–water partition coefficient (Wildman–Crippen LogP) is 3.74. The number of nitriles is 1. The van der Waals surface area contributed by atoms with Gasteiger partial charge in [0.2, 0.25) is 11.6 Å². The molecule has 0 spiro atoms. The molecule has 2 N–H and O–H groups in total. The summed E-state index contributed by atoms with van der Waals surface area (Å²) in [6.07, 6.45) is 1.52. The van der Waals surface area contributed by atoms with E-state index in [9.17, 15) is 10.1 Å². The van der Waals surface area contributed by atoms with Crippen LogP contribution in [0.2, 0.25) is 0 Å². The van der Waals surface area contributed by atoms with E-state index in [2.05, 4.69) is 6.07 Å². The molecule has 0 saturated carbocycles. The van der Waals surface area contributed by atoms with Crippen LogP contribution in [0.1, 0.15) is 27.6 Å². The van der Waals surface area contributed by atoms with E-state index in [1.54, 1.807) is 24.3 Å². The molecule has 3 aromatic rings. The number of hydrogen-bond acceptors (Lipinski definition) is 9. The number of carbonyl (C=O) groups is 1. The van der Waals surface area contributed by atoms with E-state index in [-0.39, 0.29) is 22.8 Å². The minimum Gasteiger partial charge on any atom is -0.493 e. The number of hydrogen-bond donors (Lipinski definition) is 1. The van der Waals surface area contributed by atoms with E-state index in [1.165, 1.54) is 45.8 Å². The number of methoxy groups -OCH3 is 3. The first-order valence-electron chi connectivity index (χ1n) is 9.77. The van der Waals surface area contributed by atoms with Crippen LogP contribution in [0.5, 0.6) is 28.7 Å². The maximum atomic E-state index is 12.8. The van der Waals surface area contributed by atoms with Gasteiger partial charge in [0.15, 0.2) is 11.5 Å². The van der Waals surface area contributed by atoms with Crippen molar-refractivity contribution >= 4 is 5.97 Å². The summed E-state index contributed by atoms with van der Waals surface area (Å²) >= 11 is 0. The molecular formula is C24H20N2O7. The average molecular weight is 448 g/mol. The fourth-order valence-electron chi connectivity index (χ4n) is 3.61. The predicted molar refractivity (Wildman–Crippen MR) is 116 cm³/mol. The number of esters is 1. The lowest BCUT2D eigenvalue weighted by Crippen LogP contribution is -2.21. The normalized spacial score (nSPS) is 14.5. The Bertz CT molecular complexity index is 1250. The number of furan rings is 1. The Morgan fingerprint density at radius 2 is 1.79 bits per heavy atom. The second-order valence-corrected chi connectivity index (χ2v) is 6.94. The standard InChI is InChI=1S/C24H20N2O7/c1-28-19-9-13(10-20(29-2)22(19)30-3)24(27)32-14-6-7-15-18(11-14)33-23(26)16(12-25)21(15)17-5-4-8-31-17/h4-11,21H,26H2,1-3H3. The van der Waals surface area contributed by atoms with Gasteiger partial charge in [-0.2, -0.15) is 5.26 Å². The third-order valence-electron chi connectivity index (χ3n) is 5.13. The van der Waals surface area contributed by atoms with Crippen molar-refractivity contribution in [2.24, 2.45) is 5.73 Å². The molecule has 0 aliphatic carbocycles. The van der Waals surface area contributed by atoms with E-state index < -0.39 is 11.9 Å². The van der Waals surface area contributed by atoms with Crippen molar-refractivity contribution in [3.8, 4) is 34.8 Å². The topological polar surface area (TPSA) is 126 Å². The van der Waals surface area contributed by atoms with Gasteiger partial charge in [-0.1, -0.05) is 6.07 Å². The number of nitrogens with two attached hydrogens (primary N) is 1. The maximum Gasteiger partial charge on any atom is 0.343 e. The second-order valence-electron chi connectivity index (χ2n) is 6.94. The molecule has 0 bridgehead atoms. The molecule has 4 rings (SSSR count). The Hall–Kier alpha value is -4.58. The Balaban J connectivity index is 1.66. The van der Waals surface area contributed by atoms with E-state index >= 15 is 0 Å². The lowest BCUT2D eigenvalue weighted by Gasteiger charge is -2.25. The number of rotatable bonds is 6.